The Morgan fingerprint density at radius 2 is 0.983 bits per heavy atom. The van der Waals surface area contributed by atoms with E-state index in [1.807, 2.05) is 0 Å². The first kappa shape index (κ1) is 32.4. The molecule has 4 aliphatic carbocycles. The molecule has 3 nitrogen and oxygen atoms in total. The molecule has 3 heterocycles. The topological polar surface area (TPSA) is 13.1 Å². The summed E-state index contributed by atoms with van der Waals surface area (Å²) >= 11 is 0. The second-order valence-corrected chi connectivity index (χ2v) is 18.2. The predicted octanol–water partition coefficient (Wildman–Crippen LogP) is 14.6. The van der Waals surface area contributed by atoms with Gasteiger partial charge in [0.05, 0.1) is 33.4 Å². The molecule has 0 N–H and O–H groups in total. The predicted molar refractivity (Wildman–Crippen MR) is 245 cm³/mol. The quantitative estimate of drug-likeness (QED) is 0.174. The minimum absolute atomic E-state index is 0.00648. The first-order chi connectivity index (χ1) is 29.2. The number of rotatable bonds is 4. The molecular formula is C56H43N3. The molecule has 0 saturated heterocycles. The summed E-state index contributed by atoms with van der Waals surface area (Å²) in [4.78, 5) is 2.57. The van der Waals surface area contributed by atoms with Gasteiger partial charge < -0.3 is 14.0 Å². The fourth-order valence-corrected chi connectivity index (χ4v) is 13.5. The molecule has 5 aliphatic rings. The van der Waals surface area contributed by atoms with E-state index in [0.717, 1.165) is 17.5 Å². The van der Waals surface area contributed by atoms with Crippen LogP contribution in [0.4, 0.5) is 17.1 Å². The maximum Gasteiger partial charge on any atom is 0.0584 e. The third kappa shape index (κ3) is 4.22. The van der Waals surface area contributed by atoms with Gasteiger partial charge in [0.15, 0.2) is 0 Å². The van der Waals surface area contributed by atoms with Crippen LogP contribution in [0.3, 0.4) is 0 Å². The molecule has 8 aromatic carbocycles. The zero-order chi connectivity index (χ0) is 38.4. The van der Waals surface area contributed by atoms with Gasteiger partial charge >= 0.3 is 0 Å². The first-order valence-electron chi connectivity index (χ1n) is 21.8. The van der Waals surface area contributed by atoms with Gasteiger partial charge in [-0.2, -0.15) is 0 Å². The van der Waals surface area contributed by atoms with Crippen LogP contribution in [0.15, 0.2) is 176 Å². The SMILES string of the molecule is c1ccc2c(c1)-n1c3ccccc3c3cc(N(c4ccc(-n5c6ccccc6c6ccccc65)cc4)c4cccc5ccccc45)cc(c31)C21C2CC3CC(C2)CC1C3. The molecule has 282 valence electrons. The molecule has 0 unspecified atom stereocenters. The number of nitrogens with zero attached hydrogens (tertiary/aromatic N) is 3. The Morgan fingerprint density at radius 1 is 0.424 bits per heavy atom. The highest BCUT2D eigenvalue weighted by molar-refractivity contribution is 6.14. The molecule has 4 bridgehead atoms. The zero-order valence-corrected chi connectivity index (χ0v) is 32.9. The number of para-hydroxylation sites is 4. The van der Waals surface area contributed by atoms with Gasteiger partial charge in [-0.15, -0.1) is 0 Å². The molecule has 15 rings (SSSR count). The number of aromatic nitrogens is 2. The minimum Gasteiger partial charge on any atom is -0.310 e. The highest BCUT2D eigenvalue weighted by Gasteiger charge is 2.61. The summed E-state index contributed by atoms with van der Waals surface area (Å²) in [5, 5.41) is 7.77. The van der Waals surface area contributed by atoms with E-state index in [9.17, 15) is 0 Å². The third-order valence-corrected chi connectivity index (χ3v) is 15.4. The summed E-state index contributed by atoms with van der Waals surface area (Å²) in [7, 11) is 0. The summed E-state index contributed by atoms with van der Waals surface area (Å²) < 4.78 is 5.06. The first-order valence-corrected chi connectivity index (χ1v) is 21.8. The molecule has 1 spiro atoms. The molecule has 0 amide bonds. The van der Waals surface area contributed by atoms with E-state index in [2.05, 4.69) is 190 Å². The van der Waals surface area contributed by atoms with Crippen LogP contribution in [-0.2, 0) is 5.41 Å². The average Bonchev–Trinajstić information content (AvgIpc) is 3.80. The third-order valence-electron chi connectivity index (χ3n) is 15.4. The second-order valence-electron chi connectivity index (χ2n) is 18.2. The monoisotopic (exact) mass is 757 g/mol. The van der Waals surface area contributed by atoms with Crippen LogP contribution < -0.4 is 4.90 Å². The number of hydrogen-bond acceptors (Lipinski definition) is 1. The highest BCUT2D eigenvalue weighted by atomic mass is 15.1. The van der Waals surface area contributed by atoms with E-state index in [-0.39, 0.29) is 5.41 Å². The number of hydrogen-bond donors (Lipinski definition) is 0. The van der Waals surface area contributed by atoms with Crippen molar-refractivity contribution < 1.29 is 0 Å². The van der Waals surface area contributed by atoms with Gasteiger partial charge in [-0.3, -0.25) is 0 Å². The van der Waals surface area contributed by atoms with Crippen LogP contribution in [0.2, 0.25) is 0 Å². The summed E-state index contributed by atoms with van der Waals surface area (Å²) in [6.07, 6.45) is 6.85. The van der Waals surface area contributed by atoms with Crippen molar-refractivity contribution in [3.05, 3.63) is 187 Å². The largest absolute Gasteiger partial charge is 0.310 e. The zero-order valence-electron chi connectivity index (χ0n) is 32.9. The molecule has 0 radical (unpaired) electrons. The van der Waals surface area contributed by atoms with E-state index in [1.165, 1.54) is 109 Å². The van der Waals surface area contributed by atoms with Crippen molar-refractivity contribution in [2.75, 3.05) is 4.90 Å². The van der Waals surface area contributed by atoms with Crippen LogP contribution in [-0.4, -0.2) is 9.13 Å². The van der Waals surface area contributed by atoms with Gasteiger partial charge in [0.1, 0.15) is 0 Å². The molecule has 4 saturated carbocycles. The molecule has 0 atom stereocenters. The lowest BCUT2D eigenvalue weighted by atomic mass is 9.41. The smallest absolute Gasteiger partial charge is 0.0584 e. The van der Waals surface area contributed by atoms with Crippen LogP contribution >= 0.6 is 0 Å². The van der Waals surface area contributed by atoms with E-state index >= 15 is 0 Å². The van der Waals surface area contributed by atoms with Crippen LogP contribution in [0, 0.1) is 23.7 Å². The van der Waals surface area contributed by atoms with Gasteiger partial charge in [-0.05, 0) is 139 Å². The van der Waals surface area contributed by atoms with E-state index in [1.54, 1.807) is 11.1 Å². The fraction of sp³-hybridized carbons (Fsp3) is 0.179. The Labute approximate surface area is 343 Å². The van der Waals surface area contributed by atoms with Crippen molar-refractivity contribution in [3.8, 4) is 11.4 Å². The van der Waals surface area contributed by atoms with Crippen molar-refractivity contribution >= 4 is 71.4 Å². The molecule has 1 aliphatic heterocycles. The molecule has 59 heavy (non-hydrogen) atoms. The fourth-order valence-electron chi connectivity index (χ4n) is 13.5. The molecular weight excluding hydrogens is 715 g/mol. The van der Waals surface area contributed by atoms with E-state index in [0.29, 0.717) is 11.8 Å². The number of anilines is 3. The summed E-state index contributed by atoms with van der Waals surface area (Å²) in [5.41, 5.74) is 14.5. The van der Waals surface area contributed by atoms with Crippen LogP contribution in [0.25, 0.3) is 65.8 Å². The standard InChI is InChI=1S/C56H43N3/c1-2-14-43-37(12-1)13-11-23-50(43)57(40-24-26-41(27-25-40)58-51-19-7-3-15-44(51)45-16-4-8-20-52(45)58)42-33-47-46-17-5-9-21-53(46)59-54-22-10-6-18-48(54)56(49(34-42)55(47)59)38-29-35-28-36(31-38)32-39(56)30-35/h1-27,33-36,38-39H,28-32H2. The van der Waals surface area contributed by atoms with Gasteiger partial charge in [0, 0.05) is 49.4 Å². The van der Waals surface area contributed by atoms with Crippen LogP contribution in [0.5, 0.6) is 0 Å². The summed E-state index contributed by atoms with van der Waals surface area (Å²) in [5.74, 6) is 3.06. The highest BCUT2D eigenvalue weighted by Crippen LogP contribution is 2.68. The summed E-state index contributed by atoms with van der Waals surface area (Å²) in [6.45, 7) is 0. The van der Waals surface area contributed by atoms with Gasteiger partial charge in [0.2, 0.25) is 0 Å². The molecule has 2 aromatic heterocycles. The van der Waals surface area contributed by atoms with Crippen molar-refractivity contribution in [1.29, 1.82) is 0 Å². The lowest BCUT2D eigenvalue weighted by molar-refractivity contribution is -0.0418. The van der Waals surface area contributed by atoms with E-state index < -0.39 is 0 Å². The van der Waals surface area contributed by atoms with Crippen molar-refractivity contribution in [2.24, 2.45) is 23.7 Å². The van der Waals surface area contributed by atoms with Gasteiger partial charge in [-0.1, -0.05) is 109 Å². The van der Waals surface area contributed by atoms with Crippen LogP contribution in [0.1, 0.15) is 43.2 Å². The Balaban J connectivity index is 1.06. The lowest BCUT2D eigenvalue weighted by Crippen LogP contribution is -2.57. The van der Waals surface area contributed by atoms with Crippen molar-refractivity contribution in [3.63, 3.8) is 0 Å². The lowest BCUT2D eigenvalue weighted by Gasteiger charge is -2.63. The second kappa shape index (κ2) is 11.8. The van der Waals surface area contributed by atoms with Gasteiger partial charge in [0.25, 0.3) is 0 Å². The average molecular weight is 758 g/mol. The van der Waals surface area contributed by atoms with Crippen molar-refractivity contribution in [2.45, 2.75) is 37.5 Å². The Hall–Kier alpha value is -6.58. The minimum atomic E-state index is -0.00648. The maximum atomic E-state index is 2.67. The Morgan fingerprint density at radius 3 is 1.68 bits per heavy atom. The normalized spacial score (nSPS) is 22.6. The Bertz CT molecular complexity index is 3280. The van der Waals surface area contributed by atoms with Gasteiger partial charge in [-0.25, -0.2) is 0 Å². The van der Waals surface area contributed by atoms with E-state index in [4.69, 9.17) is 0 Å². The van der Waals surface area contributed by atoms with Crippen molar-refractivity contribution in [1.82, 2.24) is 9.13 Å². The Kier molecular flexibility index (Phi) is 6.46. The maximum absolute atomic E-state index is 2.67. The molecule has 10 aromatic rings. The summed E-state index contributed by atoms with van der Waals surface area (Å²) in [6, 6.07) is 66.6. The molecule has 4 fully saturated rings. The number of fused-ring (bicyclic) bond motifs is 9. The molecule has 3 heteroatoms. The number of benzene rings is 8.